The number of rotatable bonds is 2. The van der Waals surface area contributed by atoms with Crippen molar-refractivity contribution in [3.63, 3.8) is 0 Å². The molecular weight excluding hydrogens is 280 g/mol. The second-order valence-corrected chi connectivity index (χ2v) is 5.06. The smallest absolute Gasteiger partial charge is 0.173 e. The highest BCUT2D eigenvalue weighted by atomic mass is 32.1. The first-order valence-electron chi connectivity index (χ1n) is 6.15. The van der Waals surface area contributed by atoms with Gasteiger partial charge in [-0.25, -0.2) is 4.98 Å². The van der Waals surface area contributed by atoms with Gasteiger partial charge in [-0.05, 0) is 35.8 Å². The van der Waals surface area contributed by atoms with E-state index in [9.17, 15) is 0 Å². The van der Waals surface area contributed by atoms with E-state index in [-0.39, 0.29) is 0 Å². The summed E-state index contributed by atoms with van der Waals surface area (Å²) in [5.74, 6) is 0.592. The van der Waals surface area contributed by atoms with Gasteiger partial charge >= 0.3 is 0 Å². The van der Waals surface area contributed by atoms with Gasteiger partial charge in [0.05, 0.1) is 23.3 Å². The molecule has 0 fully saturated rings. The zero-order valence-corrected chi connectivity index (χ0v) is 11.6. The zero-order chi connectivity index (χ0) is 14.7. The van der Waals surface area contributed by atoms with Crippen molar-refractivity contribution in [1.82, 2.24) is 9.36 Å². The molecular formula is C16H8N4S. The van der Waals surface area contributed by atoms with Crippen LogP contribution in [0.15, 0.2) is 48.5 Å². The highest BCUT2D eigenvalue weighted by Gasteiger charge is 2.09. The van der Waals surface area contributed by atoms with E-state index in [1.165, 1.54) is 11.5 Å². The molecule has 1 aromatic heterocycles. The maximum absolute atomic E-state index is 8.94. The Morgan fingerprint density at radius 1 is 0.857 bits per heavy atom. The van der Waals surface area contributed by atoms with Gasteiger partial charge in [0.2, 0.25) is 0 Å². The summed E-state index contributed by atoms with van der Waals surface area (Å²) in [5.41, 5.74) is 2.85. The molecule has 3 rings (SSSR count). The highest BCUT2D eigenvalue weighted by molar-refractivity contribution is 7.09. The Hall–Kier alpha value is -3.02. The van der Waals surface area contributed by atoms with Gasteiger partial charge in [-0.15, -0.1) is 0 Å². The molecule has 0 bridgehead atoms. The molecule has 0 amide bonds. The Labute approximate surface area is 125 Å². The van der Waals surface area contributed by atoms with Gasteiger partial charge in [0.15, 0.2) is 5.82 Å². The molecule has 0 aliphatic rings. The van der Waals surface area contributed by atoms with Crippen molar-refractivity contribution in [3.8, 4) is 34.1 Å². The molecule has 0 radical (unpaired) electrons. The molecule has 3 aromatic rings. The minimum absolute atomic E-state index is 0.579. The van der Waals surface area contributed by atoms with Crippen LogP contribution < -0.4 is 0 Å². The molecule has 0 aliphatic carbocycles. The predicted molar refractivity (Wildman–Crippen MR) is 80.2 cm³/mol. The van der Waals surface area contributed by atoms with Crippen molar-refractivity contribution in [3.05, 3.63) is 59.7 Å². The summed E-state index contributed by atoms with van der Waals surface area (Å²) < 4.78 is 4.33. The fourth-order valence-corrected chi connectivity index (χ4v) is 2.59. The number of nitriles is 2. The second-order valence-electron chi connectivity index (χ2n) is 4.31. The Balaban J connectivity index is 2.00. The number of nitrogens with zero attached hydrogens (tertiary/aromatic N) is 4. The molecule has 21 heavy (non-hydrogen) atoms. The van der Waals surface area contributed by atoms with Gasteiger partial charge in [0.1, 0.15) is 5.01 Å². The Morgan fingerprint density at radius 2 is 1.48 bits per heavy atom. The molecule has 0 N–H and O–H groups in total. The van der Waals surface area contributed by atoms with Crippen LogP contribution in [0.25, 0.3) is 22.0 Å². The summed E-state index contributed by atoms with van der Waals surface area (Å²) in [6, 6.07) is 18.7. The third kappa shape index (κ3) is 2.64. The first-order valence-corrected chi connectivity index (χ1v) is 6.92. The van der Waals surface area contributed by atoms with Gasteiger partial charge in [0, 0.05) is 11.1 Å². The molecule has 0 saturated heterocycles. The largest absolute Gasteiger partial charge is 0.215 e. The average molecular weight is 288 g/mol. The monoisotopic (exact) mass is 288 g/mol. The minimum atomic E-state index is 0.579. The van der Waals surface area contributed by atoms with Gasteiger partial charge in [0.25, 0.3) is 0 Å². The van der Waals surface area contributed by atoms with E-state index in [1.807, 2.05) is 24.3 Å². The van der Waals surface area contributed by atoms with Gasteiger partial charge in [-0.2, -0.15) is 14.9 Å². The van der Waals surface area contributed by atoms with Gasteiger partial charge < -0.3 is 0 Å². The molecule has 2 aromatic carbocycles. The Morgan fingerprint density at radius 3 is 2.14 bits per heavy atom. The van der Waals surface area contributed by atoms with Crippen molar-refractivity contribution in [2.45, 2.75) is 0 Å². The fraction of sp³-hybridized carbons (Fsp3) is 0. The van der Waals surface area contributed by atoms with Crippen molar-refractivity contribution >= 4 is 11.5 Å². The van der Waals surface area contributed by atoms with Crippen LogP contribution in [0.3, 0.4) is 0 Å². The predicted octanol–water partition coefficient (Wildman–Crippen LogP) is 3.62. The Kier molecular flexibility index (Phi) is 3.42. The van der Waals surface area contributed by atoms with E-state index in [0.717, 1.165) is 16.1 Å². The molecule has 0 unspecified atom stereocenters. The van der Waals surface area contributed by atoms with Gasteiger partial charge in [-0.1, -0.05) is 24.3 Å². The lowest BCUT2D eigenvalue weighted by molar-refractivity contribution is 1.32. The van der Waals surface area contributed by atoms with Crippen LogP contribution in [0.5, 0.6) is 0 Å². The minimum Gasteiger partial charge on any atom is -0.215 e. The van der Waals surface area contributed by atoms with Crippen molar-refractivity contribution in [1.29, 1.82) is 10.5 Å². The SMILES string of the molecule is N#Cc1cccc(-c2nsc(-c3cccc(C#N)c3)n2)c1. The third-order valence-corrected chi connectivity index (χ3v) is 3.68. The maximum Gasteiger partial charge on any atom is 0.173 e. The third-order valence-electron chi connectivity index (χ3n) is 2.91. The number of hydrogen-bond acceptors (Lipinski definition) is 5. The van der Waals surface area contributed by atoms with Crippen LogP contribution in [0, 0.1) is 22.7 Å². The molecule has 0 saturated carbocycles. The average Bonchev–Trinajstić information content (AvgIpc) is 3.05. The molecule has 5 heteroatoms. The number of benzene rings is 2. The van der Waals surface area contributed by atoms with Crippen LogP contribution in [-0.2, 0) is 0 Å². The summed E-state index contributed by atoms with van der Waals surface area (Å²) in [6.45, 7) is 0. The molecule has 1 heterocycles. The molecule has 0 atom stereocenters. The highest BCUT2D eigenvalue weighted by Crippen LogP contribution is 2.26. The second kappa shape index (κ2) is 5.54. The van der Waals surface area contributed by atoms with Crippen LogP contribution in [0.2, 0.25) is 0 Å². The first kappa shape index (κ1) is 13.0. The first-order chi connectivity index (χ1) is 10.3. The molecule has 4 nitrogen and oxygen atoms in total. The van der Waals surface area contributed by atoms with Gasteiger partial charge in [-0.3, -0.25) is 0 Å². The lowest BCUT2D eigenvalue weighted by Crippen LogP contribution is -1.83. The lowest BCUT2D eigenvalue weighted by Gasteiger charge is -1.96. The van der Waals surface area contributed by atoms with E-state index in [4.69, 9.17) is 10.5 Å². The van der Waals surface area contributed by atoms with E-state index < -0.39 is 0 Å². The van der Waals surface area contributed by atoms with Crippen LogP contribution in [0.1, 0.15) is 11.1 Å². The van der Waals surface area contributed by atoms with Crippen molar-refractivity contribution in [2.24, 2.45) is 0 Å². The van der Waals surface area contributed by atoms with Crippen molar-refractivity contribution in [2.75, 3.05) is 0 Å². The molecule has 0 spiro atoms. The lowest BCUT2D eigenvalue weighted by atomic mass is 10.1. The summed E-state index contributed by atoms with van der Waals surface area (Å²) in [5, 5.41) is 18.6. The fourth-order valence-electron chi connectivity index (χ4n) is 1.91. The number of hydrogen-bond donors (Lipinski definition) is 0. The summed E-state index contributed by atoms with van der Waals surface area (Å²) in [6.07, 6.45) is 0. The Bertz CT molecular complexity index is 812. The summed E-state index contributed by atoms with van der Waals surface area (Å²) in [7, 11) is 0. The van der Waals surface area contributed by atoms with E-state index in [0.29, 0.717) is 17.0 Å². The normalized spacial score (nSPS) is 9.81. The molecule has 98 valence electrons. The van der Waals surface area contributed by atoms with Crippen LogP contribution in [0.4, 0.5) is 0 Å². The summed E-state index contributed by atoms with van der Waals surface area (Å²) in [4.78, 5) is 4.49. The molecule has 0 aliphatic heterocycles. The topological polar surface area (TPSA) is 73.4 Å². The summed E-state index contributed by atoms with van der Waals surface area (Å²) >= 11 is 1.28. The van der Waals surface area contributed by atoms with Crippen molar-refractivity contribution < 1.29 is 0 Å². The quantitative estimate of drug-likeness (QED) is 0.722. The van der Waals surface area contributed by atoms with Crippen LogP contribution >= 0.6 is 11.5 Å². The zero-order valence-electron chi connectivity index (χ0n) is 10.8. The van der Waals surface area contributed by atoms with E-state index in [2.05, 4.69) is 21.5 Å². The standard InChI is InChI=1S/C16H8N4S/c17-9-11-3-1-5-13(7-11)15-19-16(21-20-15)14-6-2-4-12(8-14)10-18/h1-8H. The number of aromatic nitrogens is 2. The van der Waals surface area contributed by atoms with E-state index >= 15 is 0 Å². The maximum atomic E-state index is 8.94. The van der Waals surface area contributed by atoms with E-state index in [1.54, 1.807) is 24.3 Å². The van der Waals surface area contributed by atoms with Crippen LogP contribution in [-0.4, -0.2) is 9.36 Å².